The van der Waals surface area contributed by atoms with Gasteiger partial charge in [-0.25, -0.2) is 4.79 Å². The molecule has 1 aliphatic rings. The molecule has 0 aliphatic carbocycles. The summed E-state index contributed by atoms with van der Waals surface area (Å²) in [5, 5.41) is 0. The van der Waals surface area contributed by atoms with Gasteiger partial charge < -0.3 is 24.5 Å². The van der Waals surface area contributed by atoms with E-state index in [1.54, 1.807) is 6.20 Å². The first kappa shape index (κ1) is 15.6. The van der Waals surface area contributed by atoms with Crippen LogP contribution in [0.2, 0.25) is 0 Å². The zero-order chi connectivity index (χ0) is 15.8. The van der Waals surface area contributed by atoms with Gasteiger partial charge in [-0.15, -0.1) is 0 Å². The minimum Gasteiger partial charge on any atom is -0.493 e. The lowest BCUT2D eigenvalue weighted by Gasteiger charge is -2.32. The number of carbonyl (C=O) groups excluding carboxylic acids is 1. The van der Waals surface area contributed by atoms with Crippen molar-refractivity contribution in [1.82, 2.24) is 4.98 Å². The summed E-state index contributed by atoms with van der Waals surface area (Å²) in [5.74, 6) is 0.430. The van der Waals surface area contributed by atoms with Crippen LogP contribution < -0.4 is 20.7 Å². The van der Waals surface area contributed by atoms with Gasteiger partial charge in [-0.2, -0.15) is 0 Å². The van der Waals surface area contributed by atoms with Gasteiger partial charge in [0, 0.05) is 11.7 Å². The second-order valence-corrected chi connectivity index (χ2v) is 5.77. The highest BCUT2D eigenvalue weighted by Crippen LogP contribution is 2.38. The van der Waals surface area contributed by atoms with Gasteiger partial charge in [0.25, 0.3) is 0 Å². The summed E-state index contributed by atoms with van der Waals surface area (Å²) >= 11 is 0. The molecular weight excluding hydrogens is 275 g/mol. The van der Waals surface area contributed by atoms with Crippen LogP contribution in [0.5, 0.6) is 11.5 Å². The maximum absolute atomic E-state index is 10.9. The second kappa shape index (κ2) is 5.20. The fourth-order valence-electron chi connectivity index (χ4n) is 1.98. The fourth-order valence-corrected chi connectivity index (χ4v) is 1.98. The molecule has 0 aromatic carbocycles. The Morgan fingerprint density at radius 1 is 1.24 bits per heavy atom. The molecule has 114 valence electrons. The van der Waals surface area contributed by atoms with Crippen LogP contribution in [-0.4, -0.2) is 36.5 Å². The first-order valence-electron chi connectivity index (χ1n) is 6.53. The number of amides is 1. The lowest BCUT2D eigenvalue weighted by molar-refractivity contribution is 0.00578. The van der Waals surface area contributed by atoms with Crippen molar-refractivity contribution in [3.05, 3.63) is 12.4 Å². The zero-order valence-electron chi connectivity index (χ0n) is 12.8. The number of hydrogen-bond acceptors (Lipinski definition) is 6. The Morgan fingerprint density at radius 2 is 1.81 bits per heavy atom. The number of ether oxygens (including phenoxy) is 2. The Labute approximate surface area is 123 Å². The second-order valence-electron chi connectivity index (χ2n) is 5.77. The standard InChI is InChI=1S/C13H19BN2O5/c1-12(2)13(3,4)21-14(20-12)8-6-16-7-9(10(8)18-5)19-11(15)17/h6-7H,1-5H3,(H2,15,17). The van der Waals surface area contributed by atoms with E-state index >= 15 is 0 Å². The molecule has 2 N–H and O–H groups in total. The van der Waals surface area contributed by atoms with Crippen LogP contribution in [-0.2, 0) is 9.31 Å². The molecule has 0 radical (unpaired) electrons. The summed E-state index contributed by atoms with van der Waals surface area (Å²) in [5.41, 5.74) is 4.57. The number of nitrogens with two attached hydrogens (primary N) is 1. The summed E-state index contributed by atoms with van der Waals surface area (Å²) in [4.78, 5) is 14.9. The van der Waals surface area contributed by atoms with Gasteiger partial charge in [-0.1, -0.05) is 0 Å². The van der Waals surface area contributed by atoms with E-state index in [0.717, 1.165) is 0 Å². The number of aromatic nitrogens is 1. The van der Waals surface area contributed by atoms with Crippen molar-refractivity contribution in [2.24, 2.45) is 5.73 Å². The molecule has 1 fully saturated rings. The van der Waals surface area contributed by atoms with Crippen LogP contribution in [0.4, 0.5) is 4.79 Å². The third-order valence-corrected chi connectivity index (χ3v) is 3.81. The van der Waals surface area contributed by atoms with E-state index < -0.39 is 24.4 Å². The number of carbonyl (C=O) groups is 1. The van der Waals surface area contributed by atoms with Crippen molar-refractivity contribution in [1.29, 1.82) is 0 Å². The van der Waals surface area contributed by atoms with Crippen LogP contribution in [0.1, 0.15) is 27.7 Å². The van der Waals surface area contributed by atoms with E-state index in [4.69, 9.17) is 24.5 Å². The van der Waals surface area contributed by atoms with E-state index in [1.807, 2.05) is 27.7 Å². The number of hydrogen-bond donors (Lipinski definition) is 1. The van der Waals surface area contributed by atoms with Gasteiger partial charge in [0.1, 0.15) is 0 Å². The number of primary amides is 1. The molecule has 1 aromatic heterocycles. The van der Waals surface area contributed by atoms with Gasteiger partial charge in [0.15, 0.2) is 11.5 Å². The summed E-state index contributed by atoms with van der Waals surface area (Å²) in [7, 11) is 0.784. The molecule has 1 amide bonds. The highest BCUT2D eigenvalue weighted by atomic mass is 16.7. The van der Waals surface area contributed by atoms with Gasteiger partial charge >= 0.3 is 13.2 Å². The molecule has 2 heterocycles. The Hall–Kier alpha value is -1.80. The molecule has 0 unspecified atom stereocenters. The predicted molar refractivity (Wildman–Crippen MR) is 76.7 cm³/mol. The molecule has 21 heavy (non-hydrogen) atoms. The summed E-state index contributed by atoms with van der Waals surface area (Å²) in [6, 6.07) is 0. The smallest absolute Gasteiger partial charge is 0.493 e. The Morgan fingerprint density at radius 3 is 2.29 bits per heavy atom. The molecule has 8 heteroatoms. The fraction of sp³-hybridized carbons (Fsp3) is 0.538. The molecule has 0 saturated carbocycles. The average Bonchev–Trinajstić information content (AvgIpc) is 2.57. The van der Waals surface area contributed by atoms with Crippen molar-refractivity contribution >= 4 is 18.7 Å². The van der Waals surface area contributed by atoms with E-state index in [1.165, 1.54) is 13.3 Å². The number of rotatable bonds is 3. The van der Waals surface area contributed by atoms with Crippen molar-refractivity contribution in [3.8, 4) is 11.5 Å². The molecule has 7 nitrogen and oxygen atoms in total. The van der Waals surface area contributed by atoms with Gasteiger partial charge in [0.2, 0.25) is 0 Å². The lowest BCUT2D eigenvalue weighted by atomic mass is 9.79. The lowest BCUT2D eigenvalue weighted by Crippen LogP contribution is -2.41. The van der Waals surface area contributed by atoms with Crippen molar-refractivity contribution in [2.45, 2.75) is 38.9 Å². The van der Waals surface area contributed by atoms with E-state index in [9.17, 15) is 4.79 Å². The normalized spacial score (nSPS) is 19.4. The quantitative estimate of drug-likeness (QED) is 0.831. The molecule has 1 saturated heterocycles. The third kappa shape index (κ3) is 2.82. The van der Waals surface area contributed by atoms with Crippen LogP contribution in [0.3, 0.4) is 0 Å². The minimum absolute atomic E-state index is 0.122. The highest BCUT2D eigenvalue weighted by molar-refractivity contribution is 6.63. The SMILES string of the molecule is COc1c(OC(N)=O)cncc1B1OC(C)(C)C(C)(C)O1. The van der Waals surface area contributed by atoms with Crippen LogP contribution in [0.15, 0.2) is 12.4 Å². The van der Waals surface area contributed by atoms with Crippen molar-refractivity contribution < 1.29 is 23.6 Å². The number of nitrogens with zero attached hydrogens (tertiary/aromatic N) is 1. The zero-order valence-corrected chi connectivity index (χ0v) is 12.8. The minimum atomic E-state index is -0.943. The Kier molecular flexibility index (Phi) is 3.86. The Balaban J connectivity index is 2.39. The van der Waals surface area contributed by atoms with Crippen molar-refractivity contribution in [3.63, 3.8) is 0 Å². The van der Waals surface area contributed by atoms with Gasteiger partial charge in [-0.3, -0.25) is 4.98 Å². The predicted octanol–water partition coefficient (Wildman–Crippen LogP) is 0.847. The van der Waals surface area contributed by atoms with Crippen LogP contribution in [0.25, 0.3) is 0 Å². The van der Waals surface area contributed by atoms with E-state index in [-0.39, 0.29) is 5.75 Å². The summed E-state index contributed by atoms with van der Waals surface area (Å²) < 4.78 is 22.1. The number of methoxy groups -OCH3 is 1. The molecule has 1 aromatic rings. The van der Waals surface area contributed by atoms with Crippen molar-refractivity contribution in [2.75, 3.05) is 7.11 Å². The molecular formula is C13H19BN2O5. The Bertz CT molecular complexity index is 545. The maximum atomic E-state index is 10.9. The van der Waals surface area contributed by atoms with E-state index in [0.29, 0.717) is 11.2 Å². The number of pyridine rings is 1. The van der Waals surface area contributed by atoms with E-state index in [2.05, 4.69) is 4.98 Å². The first-order valence-corrected chi connectivity index (χ1v) is 6.53. The highest BCUT2D eigenvalue weighted by Gasteiger charge is 2.52. The monoisotopic (exact) mass is 294 g/mol. The summed E-state index contributed by atoms with van der Waals surface area (Å²) in [6.07, 6.45) is 1.95. The molecule has 2 rings (SSSR count). The first-order chi connectivity index (χ1) is 9.68. The molecule has 0 atom stereocenters. The summed E-state index contributed by atoms with van der Waals surface area (Å²) in [6.45, 7) is 7.76. The van der Waals surface area contributed by atoms with Gasteiger partial charge in [0.05, 0.1) is 24.5 Å². The van der Waals surface area contributed by atoms with Gasteiger partial charge in [-0.05, 0) is 27.7 Å². The molecule has 0 bridgehead atoms. The van der Waals surface area contributed by atoms with Crippen LogP contribution >= 0.6 is 0 Å². The largest absolute Gasteiger partial charge is 0.500 e. The molecule has 1 aliphatic heterocycles. The average molecular weight is 294 g/mol. The molecule has 0 spiro atoms. The third-order valence-electron chi connectivity index (χ3n) is 3.81. The maximum Gasteiger partial charge on any atom is 0.500 e. The van der Waals surface area contributed by atoms with Crippen LogP contribution in [0, 0.1) is 0 Å². The topological polar surface area (TPSA) is 92.9 Å².